The Hall–Kier alpha value is -2.36. The molecule has 4 heteroatoms. The molecule has 2 unspecified atom stereocenters. The van der Waals surface area contributed by atoms with E-state index in [2.05, 4.69) is 24.3 Å². The number of phenols is 1. The molecular weight excluding hydrogens is 352 g/mol. The van der Waals surface area contributed by atoms with Crippen LogP contribution in [0.1, 0.15) is 44.6 Å². The van der Waals surface area contributed by atoms with E-state index in [1.54, 1.807) is 31.2 Å². The van der Waals surface area contributed by atoms with Crippen LogP contribution in [0.2, 0.25) is 0 Å². The molecule has 0 aliphatic heterocycles. The van der Waals surface area contributed by atoms with Gasteiger partial charge >= 0.3 is 5.97 Å². The first kappa shape index (κ1) is 20.4. The van der Waals surface area contributed by atoms with Gasteiger partial charge in [-0.05, 0) is 68.9 Å². The second-order valence-electron chi connectivity index (χ2n) is 7.86. The summed E-state index contributed by atoms with van der Waals surface area (Å²) in [7, 11) is 0. The number of allylic oxidation sites excluding steroid dienone is 4. The Kier molecular flexibility index (Phi) is 7.07. The summed E-state index contributed by atoms with van der Waals surface area (Å²) in [6, 6.07) is 6.88. The number of phenolic OH excluding ortho intramolecular Hbond substituents is 1. The lowest BCUT2D eigenvalue weighted by Crippen LogP contribution is -2.35. The molecule has 2 aliphatic rings. The van der Waals surface area contributed by atoms with Crippen molar-refractivity contribution in [2.75, 3.05) is 6.61 Å². The Morgan fingerprint density at radius 1 is 1.14 bits per heavy atom. The van der Waals surface area contributed by atoms with Crippen LogP contribution in [0.25, 0.3) is 0 Å². The zero-order valence-electron chi connectivity index (χ0n) is 16.5. The minimum Gasteiger partial charge on any atom is -0.508 e. The van der Waals surface area contributed by atoms with E-state index in [9.17, 15) is 14.7 Å². The van der Waals surface area contributed by atoms with Gasteiger partial charge in [-0.25, -0.2) is 0 Å². The third kappa shape index (κ3) is 4.92. The third-order valence-corrected chi connectivity index (χ3v) is 6.12. The number of Topliss-reactive ketones (excluding diaryl/α,β-unsaturated/α-hetero) is 1. The average molecular weight is 383 g/mol. The standard InChI is InChI=1S/C24H30O4/c1-2-28-24(27)21(16-20-10-6-7-11-22(20)25)23(26)19-14-12-18(13-15-19)17-8-4-3-5-9-17/h3-8,10-11,17-19,21,25H,2,9,12-16H2,1H3. The Bertz CT molecular complexity index is 741. The van der Waals surface area contributed by atoms with Crippen molar-refractivity contribution in [2.24, 2.45) is 23.7 Å². The fraction of sp³-hybridized carbons (Fsp3) is 0.500. The lowest BCUT2D eigenvalue weighted by atomic mass is 9.71. The second kappa shape index (κ2) is 9.72. The Morgan fingerprint density at radius 3 is 2.54 bits per heavy atom. The molecule has 150 valence electrons. The van der Waals surface area contributed by atoms with Gasteiger partial charge in [0.05, 0.1) is 6.61 Å². The topological polar surface area (TPSA) is 63.6 Å². The monoisotopic (exact) mass is 382 g/mol. The maximum Gasteiger partial charge on any atom is 0.316 e. The summed E-state index contributed by atoms with van der Waals surface area (Å²) < 4.78 is 5.19. The van der Waals surface area contributed by atoms with Crippen LogP contribution in [0.4, 0.5) is 0 Å². The van der Waals surface area contributed by atoms with Gasteiger partial charge in [0, 0.05) is 5.92 Å². The molecule has 1 N–H and O–H groups in total. The van der Waals surface area contributed by atoms with Gasteiger partial charge < -0.3 is 9.84 Å². The van der Waals surface area contributed by atoms with E-state index in [4.69, 9.17) is 4.74 Å². The molecule has 1 aromatic carbocycles. The first-order valence-electron chi connectivity index (χ1n) is 10.4. The van der Waals surface area contributed by atoms with Crippen molar-refractivity contribution in [3.63, 3.8) is 0 Å². The van der Waals surface area contributed by atoms with Crippen molar-refractivity contribution in [2.45, 2.75) is 45.4 Å². The number of aromatic hydroxyl groups is 1. The molecule has 0 radical (unpaired) electrons. The molecule has 0 saturated heterocycles. The molecule has 3 rings (SSSR count). The number of benzene rings is 1. The zero-order valence-corrected chi connectivity index (χ0v) is 16.5. The fourth-order valence-electron chi connectivity index (χ4n) is 4.51. The molecule has 0 bridgehead atoms. The first-order chi connectivity index (χ1) is 13.6. The van der Waals surface area contributed by atoms with Crippen molar-refractivity contribution in [3.8, 4) is 5.75 Å². The van der Waals surface area contributed by atoms with Crippen molar-refractivity contribution < 1.29 is 19.4 Å². The van der Waals surface area contributed by atoms with Crippen LogP contribution in [-0.2, 0) is 20.7 Å². The fourth-order valence-corrected chi connectivity index (χ4v) is 4.51. The molecule has 0 heterocycles. The Labute approximate surface area is 167 Å². The van der Waals surface area contributed by atoms with Gasteiger partial charge in [-0.1, -0.05) is 42.5 Å². The molecule has 2 aliphatic carbocycles. The van der Waals surface area contributed by atoms with Crippen molar-refractivity contribution in [3.05, 3.63) is 54.1 Å². The van der Waals surface area contributed by atoms with Crippen molar-refractivity contribution in [1.29, 1.82) is 0 Å². The number of para-hydroxylation sites is 1. The smallest absolute Gasteiger partial charge is 0.316 e. The summed E-state index contributed by atoms with van der Waals surface area (Å²) in [6.45, 7) is 1.99. The maximum absolute atomic E-state index is 13.2. The molecule has 0 spiro atoms. The number of carbonyl (C=O) groups excluding carboxylic acids is 2. The van der Waals surface area contributed by atoms with E-state index >= 15 is 0 Å². The highest BCUT2D eigenvalue weighted by Gasteiger charge is 2.37. The highest BCUT2D eigenvalue weighted by molar-refractivity contribution is 6.00. The minimum atomic E-state index is -0.840. The van der Waals surface area contributed by atoms with Crippen LogP contribution in [0.5, 0.6) is 5.75 Å². The summed E-state index contributed by atoms with van der Waals surface area (Å²) in [4.78, 5) is 25.7. The van der Waals surface area contributed by atoms with Crippen LogP contribution >= 0.6 is 0 Å². The number of carbonyl (C=O) groups is 2. The summed E-state index contributed by atoms with van der Waals surface area (Å²) in [5, 5.41) is 10.1. The van der Waals surface area contributed by atoms with Gasteiger partial charge in [0.15, 0.2) is 5.78 Å². The number of rotatable bonds is 7. The quantitative estimate of drug-likeness (QED) is 0.552. The predicted molar refractivity (Wildman–Crippen MR) is 109 cm³/mol. The van der Waals surface area contributed by atoms with Gasteiger partial charge in [-0.3, -0.25) is 9.59 Å². The molecule has 1 fully saturated rings. The number of ketones is 1. The normalized spacial score (nSPS) is 25.2. The van der Waals surface area contributed by atoms with Gasteiger partial charge in [0.2, 0.25) is 0 Å². The molecule has 4 nitrogen and oxygen atoms in total. The van der Waals surface area contributed by atoms with E-state index in [1.165, 1.54) is 0 Å². The van der Waals surface area contributed by atoms with E-state index in [0.29, 0.717) is 17.4 Å². The zero-order chi connectivity index (χ0) is 19.9. The second-order valence-corrected chi connectivity index (χ2v) is 7.86. The van der Waals surface area contributed by atoms with E-state index in [0.717, 1.165) is 32.1 Å². The lowest BCUT2D eigenvalue weighted by Gasteiger charge is -2.33. The number of hydrogen-bond acceptors (Lipinski definition) is 4. The molecule has 1 saturated carbocycles. The number of esters is 1. The van der Waals surface area contributed by atoms with Gasteiger partial charge in [0.25, 0.3) is 0 Å². The molecule has 0 amide bonds. The highest BCUT2D eigenvalue weighted by atomic mass is 16.5. The number of hydrogen-bond donors (Lipinski definition) is 1. The molecular formula is C24H30O4. The summed E-state index contributed by atoms with van der Waals surface area (Å²) in [5.41, 5.74) is 0.613. The van der Waals surface area contributed by atoms with Gasteiger partial charge in [-0.15, -0.1) is 0 Å². The van der Waals surface area contributed by atoms with Crippen LogP contribution in [0.15, 0.2) is 48.6 Å². The predicted octanol–water partition coefficient (Wildman–Crippen LogP) is 4.62. The van der Waals surface area contributed by atoms with Crippen LogP contribution < -0.4 is 0 Å². The maximum atomic E-state index is 13.2. The Balaban J connectivity index is 1.66. The SMILES string of the molecule is CCOC(=O)C(Cc1ccccc1O)C(=O)C1CCC(C2C=CC=CC2)CC1. The van der Waals surface area contributed by atoms with E-state index in [1.807, 2.05) is 0 Å². The highest BCUT2D eigenvalue weighted by Crippen LogP contribution is 2.38. The van der Waals surface area contributed by atoms with Crippen LogP contribution in [-0.4, -0.2) is 23.5 Å². The molecule has 28 heavy (non-hydrogen) atoms. The molecule has 1 aromatic rings. The number of ether oxygens (including phenoxy) is 1. The lowest BCUT2D eigenvalue weighted by molar-refractivity contribution is -0.153. The van der Waals surface area contributed by atoms with Gasteiger partial charge in [0.1, 0.15) is 11.7 Å². The third-order valence-electron chi connectivity index (χ3n) is 6.12. The largest absolute Gasteiger partial charge is 0.508 e. The first-order valence-corrected chi connectivity index (χ1v) is 10.4. The average Bonchev–Trinajstić information content (AvgIpc) is 2.73. The summed E-state index contributed by atoms with van der Waals surface area (Å²) in [5.74, 6) is -0.137. The molecule has 0 aromatic heterocycles. The summed E-state index contributed by atoms with van der Waals surface area (Å²) >= 11 is 0. The van der Waals surface area contributed by atoms with Crippen molar-refractivity contribution >= 4 is 11.8 Å². The van der Waals surface area contributed by atoms with E-state index < -0.39 is 11.9 Å². The van der Waals surface area contributed by atoms with Crippen LogP contribution in [0.3, 0.4) is 0 Å². The minimum absolute atomic E-state index is 0.0285. The van der Waals surface area contributed by atoms with Gasteiger partial charge in [-0.2, -0.15) is 0 Å². The molecule has 2 atom stereocenters. The van der Waals surface area contributed by atoms with Crippen molar-refractivity contribution in [1.82, 2.24) is 0 Å². The summed E-state index contributed by atoms with van der Waals surface area (Å²) in [6.07, 6.45) is 13.7. The Morgan fingerprint density at radius 2 is 1.89 bits per heavy atom. The van der Waals surface area contributed by atoms with Crippen LogP contribution in [0, 0.1) is 23.7 Å². The van der Waals surface area contributed by atoms with E-state index in [-0.39, 0.29) is 30.5 Å².